The van der Waals surface area contributed by atoms with Gasteiger partial charge in [0.25, 0.3) is 5.91 Å². The quantitative estimate of drug-likeness (QED) is 0.707. The van der Waals surface area contributed by atoms with Gasteiger partial charge in [0.05, 0.1) is 4.90 Å². The molecule has 5 nitrogen and oxygen atoms in total. The van der Waals surface area contributed by atoms with Crippen LogP contribution in [0.4, 0.5) is 0 Å². The van der Waals surface area contributed by atoms with Crippen molar-refractivity contribution >= 4 is 15.9 Å². The topological polar surface area (TPSA) is 57.7 Å². The summed E-state index contributed by atoms with van der Waals surface area (Å²) in [6.45, 7) is 4.91. The van der Waals surface area contributed by atoms with Gasteiger partial charge in [0, 0.05) is 31.2 Å². The van der Waals surface area contributed by atoms with Crippen molar-refractivity contribution in [2.75, 3.05) is 13.6 Å². The summed E-state index contributed by atoms with van der Waals surface area (Å²) in [4.78, 5) is 15.2. The fourth-order valence-corrected chi connectivity index (χ4v) is 5.40. The Labute approximate surface area is 163 Å². The van der Waals surface area contributed by atoms with Gasteiger partial charge in [0.2, 0.25) is 10.0 Å². The van der Waals surface area contributed by atoms with Crippen LogP contribution < -0.4 is 0 Å². The van der Waals surface area contributed by atoms with Crippen molar-refractivity contribution in [2.45, 2.75) is 75.8 Å². The Hall–Kier alpha value is -1.40. The number of carbonyl (C=O) groups excluding carboxylic acids is 1. The van der Waals surface area contributed by atoms with Crippen LogP contribution in [0.1, 0.15) is 69.2 Å². The predicted octanol–water partition coefficient (Wildman–Crippen LogP) is 3.90. The molecule has 0 bridgehead atoms. The van der Waals surface area contributed by atoms with Crippen LogP contribution in [0.25, 0.3) is 0 Å². The molecule has 1 aromatic carbocycles. The summed E-state index contributed by atoms with van der Waals surface area (Å²) in [6.07, 6.45) is 7.25. The number of hydrogen-bond acceptors (Lipinski definition) is 3. The van der Waals surface area contributed by atoms with Gasteiger partial charge in [-0.2, -0.15) is 4.31 Å². The lowest BCUT2D eigenvalue weighted by Crippen LogP contribution is -2.38. The minimum absolute atomic E-state index is 0.0523. The van der Waals surface area contributed by atoms with E-state index >= 15 is 0 Å². The summed E-state index contributed by atoms with van der Waals surface area (Å²) in [5, 5.41) is 0. The maximum Gasteiger partial charge on any atom is 0.254 e. The average Bonchev–Trinajstić information content (AvgIpc) is 3.50. The second-order valence-corrected chi connectivity index (χ2v) is 10.4. The zero-order valence-corrected chi connectivity index (χ0v) is 17.5. The highest BCUT2D eigenvalue weighted by atomic mass is 32.2. The van der Waals surface area contributed by atoms with Crippen LogP contribution in [0.5, 0.6) is 0 Å². The molecule has 0 radical (unpaired) electrons. The van der Waals surface area contributed by atoms with Crippen molar-refractivity contribution < 1.29 is 13.2 Å². The number of amides is 1. The molecule has 0 aliphatic heterocycles. The second kappa shape index (κ2) is 8.31. The molecule has 150 valence electrons. The van der Waals surface area contributed by atoms with Crippen LogP contribution in [0, 0.1) is 5.92 Å². The minimum atomic E-state index is -3.59. The van der Waals surface area contributed by atoms with Crippen LogP contribution in [-0.4, -0.2) is 49.2 Å². The fourth-order valence-electron chi connectivity index (χ4n) is 3.94. The van der Waals surface area contributed by atoms with E-state index in [0.717, 1.165) is 38.5 Å². The number of carbonyl (C=O) groups is 1. The summed E-state index contributed by atoms with van der Waals surface area (Å²) >= 11 is 0. The third-order valence-electron chi connectivity index (χ3n) is 5.66. The predicted molar refractivity (Wildman–Crippen MR) is 107 cm³/mol. The summed E-state index contributed by atoms with van der Waals surface area (Å²) in [7, 11) is -1.91. The molecule has 2 fully saturated rings. The molecule has 1 aromatic rings. The molecular formula is C21H32N2O3S. The first kappa shape index (κ1) is 20.3. The SMILES string of the molecule is CC(C)CN(C(=O)c1cccc(S(=O)(=O)N(C)C2CCCCC2)c1)C1CC1. The number of nitrogens with zero attached hydrogens (tertiary/aromatic N) is 2. The Balaban J connectivity index is 1.82. The van der Waals surface area contributed by atoms with Crippen LogP contribution in [0.3, 0.4) is 0 Å². The van der Waals surface area contributed by atoms with E-state index in [1.165, 1.54) is 10.7 Å². The molecule has 2 saturated carbocycles. The average molecular weight is 393 g/mol. The Kier molecular flexibility index (Phi) is 6.26. The Morgan fingerprint density at radius 2 is 1.74 bits per heavy atom. The van der Waals surface area contributed by atoms with Crippen LogP contribution >= 0.6 is 0 Å². The first-order chi connectivity index (χ1) is 12.8. The van der Waals surface area contributed by atoms with Gasteiger partial charge in [-0.15, -0.1) is 0 Å². The van der Waals surface area contributed by atoms with Crippen LogP contribution in [-0.2, 0) is 10.0 Å². The van der Waals surface area contributed by atoms with Gasteiger partial charge in [-0.25, -0.2) is 8.42 Å². The third-order valence-corrected chi connectivity index (χ3v) is 7.56. The van der Waals surface area contributed by atoms with Gasteiger partial charge < -0.3 is 4.90 Å². The normalized spacial score (nSPS) is 18.9. The molecule has 27 heavy (non-hydrogen) atoms. The lowest BCUT2D eigenvalue weighted by Gasteiger charge is -2.30. The van der Waals surface area contributed by atoms with E-state index in [4.69, 9.17) is 0 Å². The van der Waals surface area contributed by atoms with Gasteiger partial charge in [-0.05, 0) is 49.8 Å². The van der Waals surface area contributed by atoms with Gasteiger partial charge in [-0.3, -0.25) is 4.79 Å². The highest BCUT2D eigenvalue weighted by Gasteiger charge is 2.34. The smallest absolute Gasteiger partial charge is 0.254 e. The van der Waals surface area contributed by atoms with Crippen molar-refractivity contribution in [1.29, 1.82) is 0 Å². The molecule has 0 aromatic heterocycles. The fraction of sp³-hybridized carbons (Fsp3) is 0.667. The van der Waals surface area contributed by atoms with E-state index in [2.05, 4.69) is 13.8 Å². The summed E-state index contributed by atoms with van der Waals surface area (Å²) < 4.78 is 27.7. The second-order valence-electron chi connectivity index (χ2n) is 8.42. The highest BCUT2D eigenvalue weighted by Crippen LogP contribution is 2.30. The molecule has 6 heteroatoms. The monoisotopic (exact) mass is 392 g/mol. The highest BCUT2D eigenvalue weighted by molar-refractivity contribution is 7.89. The standard InChI is InChI=1S/C21H32N2O3S/c1-16(2)15-23(19-12-13-19)21(24)17-8-7-11-20(14-17)27(25,26)22(3)18-9-5-4-6-10-18/h7-8,11,14,16,18-19H,4-6,9-10,12-13,15H2,1-3H3. The van der Waals surface area contributed by atoms with E-state index in [9.17, 15) is 13.2 Å². The van der Waals surface area contributed by atoms with Crippen LogP contribution in [0.2, 0.25) is 0 Å². The molecule has 2 aliphatic rings. The Bertz CT molecular complexity index is 765. The minimum Gasteiger partial charge on any atom is -0.335 e. The summed E-state index contributed by atoms with van der Waals surface area (Å²) in [5.41, 5.74) is 0.473. The molecule has 0 heterocycles. The van der Waals surface area contributed by atoms with Crippen molar-refractivity contribution in [1.82, 2.24) is 9.21 Å². The van der Waals surface area contributed by atoms with E-state index in [1.807, 2.05) is 4.90 Å². The number of rotatable bonds is 7. The molecule has 0 unspecified atom stereocenters. The Morgan fingerprint density at radius 1 is 1.07 bits per heavy atom. The lowest BCUT2D eigenvalue weighted by molar-refractivity contribution is 0.0722. The number of hydrogen-bond donors (Lipinski definition) is 0. The summed E-state index contributed by atoms with van der Waals surface area (Å²) in [6, 6.07) is 6.96. The molecule has 3 rings (SSSR count). The maximum atomic E-state index is 13.1. The van der Waals surface area contributed by atoms with Crippen molar-refractivity contribution in [3.05, 3.63) is 29.8 Å². The van der Waals surface area contributed by atoms with Gasteiger partial charge in [0.1, 0.15) is 0 Å². The van der Waals surface area contributed by atoms with Crippen molar-refractivity contribution in [3.63, 3.8) is 0 Å². The number of sulfonamides is 1. The van der Waals surface area contributed by atoms with Crippen molar-refractivity contribution in [3.8, 4) is 0 Å². The lowest BCUT2D eigenvalue weighted by atomic mass is 9.96. The van der Waals surface area contributed by atoms with E-state index in [-0.39, 0.29) is 16.8 Å². The number of benzene rings is 1. The maximum absolute atomic E-state index is 13.1. The molecule has 0 N–H and O–H groups in total. The first-order valence-electron chi connectivity index (χ1n) is 10.2. The van der Waals surface area contributed by atoms with Gasteiger partial charge in [-0.1, -0.05) is 39.2 Å². The molecule has 0 atom stereocenters. The zero-order chi connectivity index (χ0) is 19.6. The van der Waals surface area contributed by atoms with E-state index < -0.39 is 10.0 Å². The Morgan fingerprint density at radius 3 is 2.33 bits per heavy atom. The third kappa shape index (κ3) is 4.72. The molecule has 2 aliphatic carbocycles. The van der Waals surface area contributed by atoms with Gasteiger partial charge >= 0.3 is 0 Å². The molecule has 0 spiro atoms. The van der Waals surface area contributed by atoms with Gasteiger partial charge in [0.15, 0.2) is 0 Å². The molecule has 1 amide bonds. The largest absolute Gasteiger partial charge is 0.335 e. The molecular weight excluding hydrogens is 360 g/mol. The van der Waals surface area contributed by atoms with E-state index in [1.54, 1.807) is 31.3 Å². The summed E-state index contributed by atoms with van der Waals surface area (Å²) in [5.74, 6) is 0.336. The molecule has 0 saturated heterocycles. The first-order valence-corrected chi connectivity index (χ1v) is 11.6. The van der Waals surface area contributed by atoms with Crippen molar-refractivity contribution in [2.24, 2.45) is 5.92 Å². The van der Waals surface area contributed by atoms with Crippen LogP contribution in [0.15, 0.2) is 29.2 Å². The zero-order valence-electron chi connectivity index (χ0n) is 16.7. The van der Waals surface area contributed by atoms with E-state index in [0.29, 0.717) is 24.1 Å².